The summed E-state index contributed by atoms with van der Waals surface area (Å²) in [5, 5.41) is 5.86. The van der Waals surface area contributed by atoms with Crippen LogP contribution in [-0.4, -0.2) is 24.7 Å². The van der Waals surface area contributed by atoms with Crippen LogP contribution in [0.4, 0.5) is 0 Å². The molecule has 7 heteroatoms. The summed E-state index contributed by atoms with van der Waals surface area (Å²) in [5.41, 5.74) is 2.68. The lowest BCUT2D eigenvalue weighted by molar-refractivity contribution is 0.885. The molecule has 0 radical (unpaired) electrons. The Morgan fingerprint density at radius 2 is 2.04 bits per heavy atom. The number of nitrogens with one attached hydrogen (secondary N) is 1. The van der Waals surface area contributed by atoms with Crippen molar-refractivity contribution in [3.63, 3.8) is 0 Å². The minimum atomic E-state index is -0.256. The highest BCUT2D eigenvalue weighted by atomic mass is 35.5. The molecular weight excluding hydrogens is 314 g/mol. The predicted octanol–water partition coefficient (Wildman–Crippen LogP) is 2.82. The van der Waals surface area contributed by atoms with Crippen molar-refractivity contribution in [1.29, 1.82) is 0 Å². The maximum Gasteiger partial charge on any atom is 0.266 e. The average molecular weight is 324 g/mol. The number of aromatic nitrogens is 5. The van der Waals surface area contributed by atoms with Crippen molar-refractivity contribution in [2.45, 2.75) is 0 Å². The van der Waals surface area contributed by atoms with Gasteiger partial charge in [0, 0.05) is 23.3 Å². The van der Waals surface area contributed by atoms with Gasteiger partial charge in [-0.05, 0) is 24.3 Å². The Morgan fingerprint density at radius 3 is 2.91 bits per heavy atom. The summed E-state index contributed by atoms with van der Waals surface area (Å²) >= 11 is 6.22. The maximum absolute atomic E-state index is 11.4. The molecule has 0 spiro atoms. The van der Waals surface area contributed by atoms with Gasteiger partial charge in [0.15, 0.2) is 0 Å². The third kappa shape index (κ3) is 2.39. The Hall–Kier alpha value is -2.99. The molecule has 0 unspecified atom stereocenters. The van der Waals surface area contributed by atoms with E-state index in [1.807, 2.05) is 30.5 Å². The van der Waals surface area contributed by atoms with E-state index in [4.69, 9.17) is 11.6 Å². The van der Waals surface area contributed by atoms with Crippen LogP contribution in [0.15, 0.2) is 60.0 Å². The predicted molar refractivity (Wildman–Crippen MR) is 87.7 cm³/mol. The monoisotopic (exact) mass is 323 g/mol. The van der Waals surface area contributed by atoms with Gasteiger partial charge >= 0.3 is 0 Å². The van der Waals surface area contributed by atoms with Crippen molar-refractivity contribution in [1.82, 2.24) is 24.7 Å². The first-order valence-corrected chi connectivity index (χ1v) is 7.23. The molecule has 4 aromatic rings. The first kappa shape index (κ1) is 13.7. The van der Waals surface area contributed by atoms with Gasteiger partial charge in [-0.2, -0.15) is 5.10 Å². The smallest absolute Gasteiger partial charge is 0.266 e. The molecule has 0 fully saturated rings. The molecule has 1 N–H and O–H groups in total. The highest BCUT2D eigenvalue weighted by Gasteiger charge is 2.10. The van der Waals surface area contributed by atoms with Crippen LogP contribution >= 0.6 is 11.6 Å². The topological polar surface area (TPSA) is 76.5 Å². The van der Waals surface area contributed by atoms with Gasteiger partial charge in [0.25, 0.3) is 5.56 Å². The van der Waals surface area contributed by atoms with Gasteiger partial charge in [-0.15, -0.1) is 0 Å². The van der Waals surface area contributed by atoms with Crippen molar-refractivity contribution in [3.05, 3.63) is 70.6 Å². The highest BCUT2D eigenvalue weighted by Crippen LogP contribution is 2.27. The number of benzene rings is 1. The minimum Gasteiger partial charge on any atom is -0.319 e. The molecule has 3 aromatic heterocycles. The number of pyridine rings is 1. The molecule has 4 rings (SSSR count). The normalized spacial score (nSPS) is 11.0. The van der Waals surface area contributed by atoms with Gasteiger partial charge in [-0.1, -0.05) is 11.6 Å². The minimum absolute atomic E-state index is 0.256. The largest absolute Gasteiger partial charge is 0.319 e. The second-order valence-corrected chi connectivity index (χ2v) is 5.36. The van der Waals surface area contributed by atoms with E-state index in [1.165, 1.54) is 6.20 Å². The number of aromatic amines is 1. The molecule has 0 atom stereocenters. The molecule has 1 aromatic carbocycles. The third-order valence-electron chi connectivity index (χ3n) is 3.49. The molecule has 0 saturated carbocycles. The zero-order chi connectivity index (χ0) is 15.8. The third-order valence-corrected chi connectivity index (χ3v) is 3.82. The molecule has 23 heavy (non-hydrogen) atoms. The van der Waals surface area contributed by atoms with Crippen molar-refractivity contribution >= 4 is 22.5 Å². The Balaban J connectivity index is 1.87. The van der Waals surface area contributed by atoms with Crippen LogP contribution in [0, 0.1) is 0 Å². The number of hydrogen-bond acceptors (Lipinski definition) is 4. The fraction of sp³-hybridized carbons (Fsp3) is 0. The summed E-state index contributed by atoms with van der Waals surface area (Å²) < 4.78 is 1.70. The number of nitrogens with zero attached hydrogens (tertiary/aromatic N) is 4. The quantitative estimate of drug-likeness (QED) is 0.615. The highest BCUT2D eigenvalue weighted by molar-refractivity contribution is 6.35. The fourth-order valence-electron chi connectivity index (χ4n) is 2.42. The molecule has 112 valence electrons. The van der Waals surface area contributed by atoms with Crippen LogP contribution in [0.1, 0.15) is 0 Å². The summed E-state index contributed by atoms with van der Waals surface area (Å²) in [6, 6.07) is 7.43. The van der Waals surface area contributed by atoms with Crippen LogP contribution in [0.25, 0.3) is 27.8 Å². The van der Waals surface area contributed by atoms with Gasteiger partial charge < -0.3 is 4.98 Å². The number of rotatable bonds is 2. The fourth-order valence-corrected chi connectivity index (χ4v) is 2.64. The summed E-state index contributed by atoms with van der Waals surface area (Å²) in [4.78, 5) is 22.4. The lowest BCUT2D eigenvalue weighted by atomic mass is 10.2. The molecule has 0 amide bonds. The molecular formula is C16H10ClN5O. The molecule has 6 nitrogen and oxygen atoms in total. The van der Waals surface area contributed by atoms with E-state index in [2.05, 4.69) is 20.1 Å². The first-order chi connectivity index (χ1) is 11.2. The Kier molecular flexibility index (Phi) is 3.17. The van der Waals surface area contributed by atoms with Crippen molar-refractivity contribution < 1.29 is 0 Å². The molecule has 0 aliphatic rings. The lowest BCUT2D eigenvalue weighted by Crippen LogP contribution is -2.05. The van der Waals surface area contributed by atoms with E-state index in [-0.39, 0.29) is 5.56 Å². The number of hydrogen-bond donors (Lipinski definition) is 1. The standard InChI is InChI=1S/C16H10ClN5O/c17-12-3-4-14(16-11(12)2-1-5-19-16)22-9-10(6-20-22)13-7-18-8-15(23)21-13/h1-9H,(H,21,23). The van der Waals surface area contributed by atoms with E-state index < -0.39 is 0 Å². The molecule has 0 bridgehead atoms. The summed E-state index contributed by atoms with van der Waals surface area (Å²) in [6.45, 7) is 0. The van der Waals surface area contributed by atoms with Gasteiger partial charge in [-0.25, -0.2) is 4.68 Å². The Morgan fingerprint density at radius 1 is 1.13 bits per heavy atom. The summed E-state index contributed by atoms with van der Waals surface area (Å²) in [7, 11) is 0. The second kappa shape index (κ2) is 5.33. The molecule has 0 aliphatic heterocycles. The van der Waals surface area contributed by atoms with E-state index in [0.29, 0.717) is 10.7 Å². The van der Waals surface area contributed by atoms with Gasteiger partial charge in [0.05, 0.1) is 40.5 Å². The van der Waals surface area contributed by atoms with Crippen LogP contribution in [0.2, 0.25) is 5.02 Å². The second-order valence-electron chi connectivity index (χ2n) is 4.95. The zero-order valence-corrected chi connectivity index (χ0v) is 12.5. The molecule has 0 aliphatic carbocycles. The van der Waals surface area contributed by atoms with Crippen molar-refractivity contribution in [3.8, 4) is 16.9 Å². The Bertz CT molecular complexity index is 1070. The van der Waals surface area contributed by atoms with Crippen LogP contribution in [0.5, 0.6) is 0 Å². The van der Waals surface area contributed by atoms with E-state index in [0.717, 1.165) is 22.2 Å². The van der Waals surface area contributed by atoms with Gasteiger partial charge in [0.1, 0.15) is 0 Å². The molecule has 0 saturated heterocycles. The van der Waals surface area contributed by atoms with E-state index in [9.17, 15) is 4.79 Å². The van der Waals surface area contributed by atoms with E-state index in [1.54, 1.807) is 23.3 Å². The number of halogens is 1. The maximum atomic E-state index is 11.4. The van der Waals surface area contributed by atoms with Crippen LogP contribution < -0.4 is 5.56 Å². The van der Waals surface area contributed by atoms with Gasteiger partial charge in [-0.3, -0.25) is 14.8 Å². The first-order valence-electron chi connectivity index (χ1n) is 6.85. The summed E-state index contributed by atoms with van der Waals surface area (Å²) in [5.74, 6) is 0. The average Bonchev–Trinajstić information content (AvgIpc) is 3.05. The summed E-state index contributed by atoms with van der Waals surface area (Å²) in [6.07, 6.45) is 8.00. The van der Waals surface area contributed by atoms with Crippen molar-refractivity contribution in [2.75, 3.05) is 0 Å². The number of H-pyrrole nitrogens is 1. The SMILES string of the molecule is O=c1cncc(-c2cnn(-c3ccc(Cl)c4cccnc34)c2)[nH]1. The Labute approximate surface area is 135 Å². The van der Waals surface area contributed by atoms with Crippen molar-refractivity contribution in [2.24, 2.45) is 0 Å². The number of fused-ring (bicyclic) bond motifs is 1. The van der Waals surface area contributed by atoms with Crippen LogP contribution in [-0.2, 0) is 0 Å². The van der Waals surface area contributed by atoms with Gasteiger partial charge in [0.2, 0.25) is 0 Å². The lowest BCUT2D eigenvalue weighted by Gasteiger charge is -2.06. The van der Waals surface area contributed by atoms with E-state index >= 15 is 0 Å². The molecule has 3 heterocycles. The zero-order valence-electron chi connectivity index (χ0n) is 11.8. The van der Waals surface area contributed by atoms with Crippen LogP contribution in [0.3, 0.4) is 0 Å².